The number of aromatic nitrogens is 3. The second-order valence-electron chi connectivity index (χ2n) is 10.4. The molecule has 0 bridgehead atoms. The molecule has 0 aliphatic heterocycles. The van der Waals surface area contributed by atoms with Gasteiger partial charge in [-0.2, -0.15) is 0 Å². The van der Waals surface area contributed by atoms with Crippen molar-refractivity contribution in [2.75, 3.05) is 0 Å². The van der Waals surface area contributed by atoms with E-state index in [4.69, 9.17) is 15.0 Å². The van der Waals surface area contributed by atoms with Crippen LogP contribution >= 0.6 is 11.3 Å². The minimum Gasteiger partial charge on any atom is -0.243 e. The van der Waals surface area contributed by atoms with E-state index in [-0.39, 0.29) is 0 Å². The highest BCUT2D eigenvalue weighted by Crippen LogP contribution is 2.41. The summed E-state index contributed by atoms with van der Waals surface area (Å²) in [5.74, 6) is 0.640. The van der Waals surface area contributed by atoms with E-state index in [0.717, 1.165) is 49.5 Å². The molecule has 3 heterocycles. The summed E-state index contributed by atoms with van der Waals surface area (Å²) in [6.45, 7) is 0. The zero-order chi connectivity index (χ0) is 26.9. The lowest BCUT2D eigenvalue weighted by Crippen LogP contribution is -1.98. The molecule has 0 radical (unpaired) electrons. The summed E-state index contributed by atoms with van der Waals surface area (Å²) < 4.78 is 2.51. The van der Waals surface area contributed by atoms with E-state index in [0.29, 0.717) is 5.82 Å². The number of fused-ring (bicyclic) bond motifs is 9. The maximum atomic E-state index is 5.40. The Morgan fingerprint density at radius 1 is 0.439 bits per heavy atom. The van der Waals surface area contributed by atoms with Gasteiger partial charge in [-0.05, 0) is 40.4 Å². The molecule has 6 aromatic carbocycles. The van der Waals surface area contributed by atoms with Gasteiger partial charge in [-0.25, -0.2) is 15.0 Å². The quantitative estimate of drug-likeness (QED) is 0.205. The summed E-state index contributed by atoms with van der Waals surface area (Å²) in [6.07, 6.45) is 0. The highest BCUT2D eigenvalue weighted by atomic mass is 32.1. The minimum absolute atomic E-state index is 0.640. The molecule has 4 heteroatoms. The molecule has 0 saturated heterocycles. The first-order valence-electron chi connectivity index (χ1n) is 13.7. The molecule has 9 rings (SSSR count). The molecule has 0 fully saturated rings. The normalized spacial score (nSPS) is 11.9. The van der Waals surface area contributed by atoms with E-state index >= 15 is 0 Å². The van der Waals surface area contributed by atoms with Crippen LogP contribution < -0.4 is 0 Å². The van der Waals surface area contributed by atoms with Gasteiger partial charge in [0.2, 0.25) is 0 Å². The Bertz CT molecular complexity index is 2490. The van der Waals surface area contributed by atoms with Crippen molar-refractivity contribution in [2.45, 2.75) is 0 Å². The van der Waals surface area contributed by atoms with Crippen LogP contribution in [0.5, 0.6) is 0 Å². The number of thiophene rings is 1. The van der Waals surface area contributed by atoms with Gasteiger partial charge in [0.15, 0.2) is 5.82 Å². The molecular formula is C37H21N3S. The second kappa shape index (κ2) is 8.65. The molecule has 0 amide bonds. The first-order valence-corrected chi connectivity index (χ1v) is 14.5. The van der Waals surface area contributed by atoms with Gasteiger partial charge < -0.3 is 0 Å². The fraction of sp³-hybridized carbons (Fsp3) is 0. The summed E-state index contributed by atoms with van der Waals surface area (Å²) in [7, 11) is 0. The van der Waals surface area contributed by atoms with Crippen molar-refractivity contribution in [2.24, 2.45) is 0 Å². The zero-order valence-corrected chi connectivity index (χ0v) is 22.7. The monoisotopic (exact) mass is 539 g/mol. The fourth-order valence-corrected chi connectivity index (χ4v) is 7.25. The van der Waals surface area contributed by atoms with Gasteiger partial charge >= 0.3 is 0 Å². The Morgan fingerprint density at radius 2 is 1.17 bits per heavy atom. The summed E-state index contributed by atoms with van der Waals surface area (Å²) >= 11 is 1.81. The van der Waals surface area contributed by atoms with Gasteiger partial charge in [0.1, 0.15) is 5.69 Å². The molecule has 9 aromatic rings. The summed E-state index contributed by atoms with van der Waals surface area (Å²) in [5, 5.41) is 9.24. The highest BCUT2D eigenvalue weighted by Gasteiger charge is 2.19. The van der Waals surface area contributed by atoms with Crippen molar-refractivity contribution in [1.82, 2.24) is 15.0 Å². The second-order valence-corrected chi connectivity index (χ2v) is 11.5. The number of benzene rings is 6. The van der Waals surface area contributed by atoms with Crippen LogP contribution in [0.15, 0.2) is 127 Å². The lowest BCUT2D eigenvalue weighted by molar-refractivity contribution is 1.21. The average molecular weight is 540 g/mol. The van der Waals surface area contributed by atoms with Gasteiger partial charge in [0.25, 0.3) is 0 Å². The van der Waals surface area contributed by atoms with Gasteiger partial charge in [-0.15, -0.1) is 11.3 Å². The molecule has 0 saturated carbocycles. The summed E-state index contributed by atoms with van der Waals surface area (Å²) in [6, 6.07) is 44.8. The molecule has 0 unspecified atom stereocenters. The van der Waals surface area contributed by atoms with E-state index in [9.17, 15) is 0 Å². The smallest absolute Gasteiger partial charge is 0.179 e. The Hall–Kier alpha value is -5.19. The molecule has 0 aliphatic rings. The van der Waals surface area contributed by atoms with Crippen LogP contribution in [0.2, 0.25) is 0 Å². The molecule has 3 aromatic heterocycles. The predicted octanol–water partition coefficient (Wildman–Crippen LogP) is 10.2. The SMILES string of the molecule is c1ccc2cc(-c3nc(-c4nc5c(ccc6sc7ccccc7c65)c5ccccc45)nc4ccccc34)ccc2c1. The number of hydrogen-bond acceptors (Lipinski definition) is 4. The molecule has 0 spiro atoms. The van der Waals surface area contributed by atoms with Gasteiger partial charge in [-0.3, -0.25) is 0 Å². The Morgan fingerprint density at radius 3 is 2.07 bits per heavy atom. The van der Waals surface area contributed by atoms with E-state index < -0.39 is 0 Å². The lowest BCUT2D eigenvalue weighted by Gasteiger charge is -2.13. The maximum Gasteiger partial charge on any atom is 0.179 e. The first-order chi connectivity index (χ1) is 20.3. The third kappa shape index (κ3) is 3.41. The van der Waals surface area contributed by atoms with Crippen LogP contribution in [-0.2, 0) is 0 Å². The first kappa shape index (κ1) is 22.6. The molecule has 0 aliphatic carbocycles. The van der Waals surface area contributed by atoms with Gasteiger partial charge in [0, 0.05) is 41.9 Å². The van der Waals surface area contributed by atoms with Crippen molar-refractivity contribution in [1.29, 1.82) is 0 Å². The molecule has 0 atom stereocenters. The van der Waals surface area contributed by atoms with Gasteiger partial charge in [-0.1, -0.05) is 103 Å². The molecule has 41 heavy (non-hydrogen) atoms. The lowest BCUT2D eigenvalue weighted by atomic mass is 10.00. The molecular weight excluding hydrogens is 518 g/mol. The number of rotatable bonds is 2. The van der Waals surface area contributed by atoms with Crippen LogP contribution in [0, 0.1) is 0 Å². The third-order valence-corrected chi connectivity index (χ3v) is 9.19. The summed E-state index contributed by atoms with van der Waals surface area (Å²) in [5.41, 5.74) is 4.70. The highest BCUT2D eigenvalue weighted by molar-refractivity contribution is 7.26. The summed E-state index contributed by atoms with van der Waals surface area (Å²) in [4.78, 5) is 15.8. The van der Waals surface area contributed by atoms with Crippen molar-refractivity contribution >= 4 is 74.9 Å². The van der Waals surface area contributed by atoms with E-state index in [1.807, 2.05) is 17.4 Å². The minimum atomic E-state index is 0.640. The largest absolute Gasteiger partial charge is 0.243 e. The van der Waals surface area contributed by atoms with Gasteiger partial charge in [0.05, 0.1) is 16.7 Å². The van der Waals surface area contributed by atoms with Crippen molar-refractivity contribution in [3.63, 3.8) is 0 Å². The standard InChI is InChI=1S/C37H21N3S/c1-2-10-23-21-24(18-17-22(23)9-1)34-28-13-5-7-15-30(28)38-37(40-34)36-26-12-4-3-11-25(26)27-19-20-32-33(35(27)39-36)29-14-6-8-16-31(29)41-32/h1-21H. The Labute approximate surface area is 239 Å². The number of hydrogen-bond donors (Lipinski definition) is 0. The van der Waals surface area contributed by atoms with Crippen molar-refractivity contribution < 1.29 is 0 Å². The van der Waals surface area contributed by atoms with Crippen LogP contribution in [0.4, 0.5) is 0 Å². The number of pyridine rings is 1. The van der Waals surface area contributed by atoms with Crippen molar-refractivity contribution in [3.05, 3.63) is 127 Å². The van der Waals surface area contributed by atoms with Crippen LogP contribution in [0.3, 0.4) is 0 Å². The Balaban J connectivity index is 1.40. The van der Waals surface area contributed by atoms with E-state index in [1.165, 1.54) is 30.9 Å². The molecule has 0 N–H and O–H groups in total. The zero-order valence-electron chi connectivity index (χ0n) is 21.9. The fourth-order valence-electron chi connectivity index (χ4n) is 6.14. The molecule has 190 valence electrons. The maximum absolute atomic E-state index is 5.40. The van der Waals surface area contributed by atoms with Crippen molar-refractivity contribution in [3.8, 4) is 22.8 Å². The van der Waals surface area contributed by atoms with Crippen LogP contribution in [-0.4, -0.2) is 15.0 Å². The topological polar surface area (TPSA) is 38.7 Å². The van der Waals surface area contributed by atoms with Crippen LogP contribution in [0.1, 0.15) is 0 Å². The predicted molar refractivity (Wildman–Crippen MR) is 174 cm³/mol. The average Bonchev–Trinajstić information content (AvgIpc) is 3.43. The number of para-hydroxylation sites is 1. The third-order valence-electron chi connectivity index (χ3n) is 8.05. The Kier molecular flexibility index (Phi) is 4.77. The van der Waals surface area contributed by atoms with E-state index in [1.54, 1.807) is 0 Å². The molecule has 3 nitrogen and oxygen atoms in total. The van der Waals surface area contributed by atoms with Crippen LogP contribution in [0.25, 0.3) is 86.3 Å². The number of nitrogens with zero attached hydrogens (tertiary/aromatic N) is 3. The van der Waals surface area contributed by atoms with E-state index in [2.05, 4.69) is 121 Å².